The molecule has 0 bridgehead atoms. The average molecular weight is 363 g/mol. The summed E-state index contributed by atoms with van der Waals surface area (Å²) in [6.07, 6.45) is 0.377. The van der Waals surface area contributed by atoms with Gasteiger partial charge in [0.25, 0.3) is 5.91 Å². The Hall–Kier alpha value is -3.16. The lowest BCUT2D eigenvalue weighted by molar-refractivity contribution is 0.0694. The third-order valence-corrected chi connectivity index (χ3v) is 3.76. The van der Waals surface area contributed by atoms with Gasteiger partial charge in [-0.15, -0.1) is 0 Å². The van der Waals surface area contributed by atoms with Crippen molar-refractivity contribution in [3.63, 3.8) is 0 Å². The predicted octanol–water partition coefficient (Wildman–Crippen LogP) is 2.50. The number of amides is 1. The number of carbonyl (C=O) groups is 2. The number of carbonyl (C=O) groups excluding carboxylic acids is 1. The summed E-state index contributed by atoms with van der Waals surface area (Å²) < 4.78 is 21.1. The fraction of sp³-hybridized carbons (Fsp3) is 0.333. The highest BCUT2D eigenvalue weighted by molar-refractivity contribution is 5.96. The number of aryl methyl sites for hydroxylation is 1. The molecular formula is C18H21NO7. The predicted molar refractivity (Wildman–Crippen MR) is 92.3 cm³/mol. The summed E-state index contributed by atoms with van der Waals surface area (Å²) in [5, 5.41) is 11.8. The summed E-state index contributed by atoms with van der Waals surface area (Å²) in [6.45, 7) is 1.92. The van der Waals surface area contributed by atoms with Crippen LogP contribution in [0.2, 0.25) is 0 Å². The third kappa shape index (κ3) is 3.90. The van der Waals surface area contributed by atoms with E-state index in [4.69, 9.17) is 23.7 Å². The van der Waals surface area contributed by atoms with E-state index >= 15 is 0 Å². The van der Waals surface area contributed by atoms with Crippen LogP contribution in [0.3, 0.4) is 0 Å². The zero-order valence-electron chi connectivity index (χ0n) is 15.0. The van der Waals surface area contributed by atoms with Gasteiger partial charge in [0.15, 0.2) is 17.3 Å². The fourth-order valence-corrected chi connectivity index (χ4v) is 2.49. The molecule has 1 aromatic carbocycles. The Labute approximate surface area is 150 Å². The second kappa shape index (κ2) is 8.28. The molecule has 0 aliphatic heterocycles. The number of hydrogen-bond donors (Lipinski definition) is 2. The van der Waals surface area contributed by atoms with Crippen LogP contribution >= 0.6 is 0 Å². The van der Waals surface area contributed by atoms with E-state index < -0.39 is 11.9 Å². The van der Waals surface area contributed by atoms with E-state index in [9.17, 15) is 9.59 Å². The summed E-state index contributed by atoms with van der Waals surface area (Å²) in [5.74, 6) is -0.0433. The van der Waals surface area contributed by atoms with Crippen molar-refractivity contribution in [2.75, 3.05) is 21.3 Å². The largest absolute Gasteiger partial charge is 0.493 e. The summed E-state index contributed by atoms with van der Waals surface area (Å²) in [6, 6.07) is 4.65. The molecule has 0 aliphatic rings. The molecule has 1 amide bonds. The zero-order valence-corrected chi connectivity index (χ0v) is 15.0. The molecule has 8 heteroatoms. The van der Waals surface area contributed by atoms with Gasteiger partial charge < -0.3 is 29.1 Å². The highest BCUT2D eigenvalue weighted by Gasteiger charge is 2.20. The van der Waals surface area contributed by atoms with E-state index in [1.54, 1.807) is 19.1 Å². The lowest BCUT2D eigenvalue weighted by Crippen LogP contribution is -2.22. The van der Waals surface area contributed by atoms with E-state index in [0.717, 1.165) is 0 Å². The molecule has 0 saturated heterocycles. The van der Waals surface area contributed by atoms with Crippen LogP contribution in [-0.4, -0.2) is 38.3 Å². The van der Waals surface area contributed by atoms with Crippen LogP contribution in [0.15, 0.2) is 22.6 Å². The molecule has 2 aromatic rings. The van der Waals surface area contributed by atoms with Crippen molar-refractivity contribution in [3.05, 3.63) is 40.8 Å². The Morgan fingerprint density at radius 1 is 1.08 bits per heavy atom. The number of methoxy groups -OCH3 is 3. The van der Waals surface area contributed by atoms with Gasteiger partial charge in [0.1, 0.15) is 11.3 Å². The van der Waals surface area contributed by atoms with E-state index in [-0.39, 0.29) is 23.6 Å². The molecule has 1 heterocycles. The second-order valence-corrected chi connectivity index (χ2v) is 5.32. The minimum absolute atomic E-state index is 0.00886. The Balaban J connectivity index is 2.18. The molecule has 2 N–H and O–H groups in total. The van der Waals surface area contributed by atoms with Crippen LogP contribution in [0.25, 0.3) is 0 Å². The smallest absolute Gasteiger partial charge is 0.339 e. The van der Waals surface area contributed by atoms with Gasteiger partial charge in [-0.05, 0) is 17.7 Å². The number of carboxylic acid groups (broad SMARTS) is 1. The van der Waals surface area contributed by atoms with Gasteiger partial charge in [0.2, 0.25) is 5.75 Å². The highest BCUT2D eigenvalue weighted by atomic mass is 16.5. The topological polar surface area (TPSA) is 107 Å². The van der Waals surface area contributed by atoms with Crippen LogP contribution in [-0.2, 0) is 13.0 Å². The molecule has 0 saturated carbocycles. The SMILES string of the molecule is CCc1oc(C(=O)NCc2cc(OC)c(OC)c(OC)c2)cc1C(=O)O. The average Bonchev–Trinajstić information content (AvgIpc) is 3.09. The summed E-state index contributed by atoms with van der Waals surface area (Å²) in [4.78, 5) is 23.4. The first-order chi connectivity index (χ1) is 12.4. The van der Waals surface area contributed by atoms with Crippen LogP contribution < -0.4 is 19.5 Å². The van der Waals surface area contributed by atoms with Crippen LogP contribution in [0.1, 0.15) is 39.2 Å². The van der Waals surface area contributed by atoms with Crippen LogP contribution in [0, 0.1) is 0 Å². The van der Waals surface area contributed by atoms with Gasteiger partial charge in [0, 0.05) is 19.0 Å². The van der Waals surface area contributed by atoms with E-state index in [0.29, 0.717) is 29.2 Å². The minimum Gasteiger partial charge on any atom is -0.493 e. The lowest BCUT2D eigenvalue weighted by atomic mass is 10.1. The van der Waals surface area contributed by atoms with Crippen LogP contribution in [0.5, 0.6) is 17.2 Å². The monoisotopic (exact) mass is 363 g/mol. The number of nitrogens with one attached hydrogen (secondary N) is 1. The Bertz CT molecular complexity index is 785. The van der Waals surface area contributed by atoms with Gasteiger partial charge in [-0.25, -0.2) is 4.79 Å². The number of carboxylic acids is 1. The van der Waals surface area contributed by atoms with Crippen molar-refractivity contribution < 1.29 is 33.3 Å². The number of furan rings is 1. The molecule has 8 nitrogen and oxygen atoms in total. The van der Waals surface area contributed by atoms with Crippen molar-refractivity contribution >= 4 is 11.9 Å². The molecule has 0 fully saturated rings. The molecule has 140 valence electrons. The highest BCUT2D eigenvalue weighted by Crippen LogP contribution is 2.38. The molecular weight excluding hydrogens is 342 g/mol. The second-order valence-electron chi connectivity index (χ2n) is 5.32. The fourth-order valence-electron chi connectivity index (χ4n) is 2.49. The molecule has 0 unspecified atom stereocenters. The van der Waals surface area contributed by atoms with Crippen LogP contribution in [0.4, 0.5) is 0 Å². The molecule has 0 spiro atoms. The normalized spacial score (nSPS) is 10.3. The van der Waals surface area contributed by atoms with Crippen molar-refractivity contribution in [2.24, 2.45) is 0 Å². The number of aromatic carboxylic acids is 1. The Kier molecular flexibility index (Phi) is 6.11. The van der Waals surface area contributed by atoms with Crippen molar-refractivity contribution in [1.29, 1.82) is 0 Å². The van der Waals surface area contributed by atoms with E-state index in [2.05, 4.69) is 5.32 Å². The molecule has 0 atom stereocenters. The van der Waals surface area contributed by atoms with Gasteiger partial charge in [0.05, 0.1) is 21.3 Å². The number of hydrogen-bond acceptors (Lipinski definition) is 6. The van der Waals surface area contributed by atoms with Crippen molar-refractivity contribution in [3.8, 4) is 17.2 Å². The van der Waals surface area contributed by atoms with Gasteiger partial charge in [-0.1, -0.05) is 6.92 Å². The first-order valence-electron chi connectivity index (χ1n) is 7.88. The molecule has 1 aromatic heterocycles. The van der Waals surface area contributed by atoms with Crippen molar-refractivity contribution in [1.82, 2.24) is 5.32 Å². The first kappa shape index (κ1) is 19.2. The summed E-state index contributed by atoms with van der Waals surface area (Å²) >= 11 is 0. The van der Waals surface area contributed by atoms with Gasteiger partial charge in [-0.2, -0.15) is 0 Å². The van der Waals surface area contributed by atoms with Crippen molar-refractivity contribution in [2.45, 2.75) is 19.9 Å². The maximum Gasteiger partial charge on any atom is 0.339 e. The summed E-state index contributed by atoms with van der Waals surface area (Å²) in [7, 11) is 4.51. The molecule has 0 radical (unpaired) electrons. The van der Waals surface area contributed by atoms with E-state index in [1.807, 2.05) is 0 Å². The number of benzene rings is 1. The minimum atomic E-state index is -1.13. The Morgan fingerprint density at radius 3 is 2.12 bits per heavy atom. The standard InChI is InChI=1S/C18H21NO7/c1-5-12-11(18(21)22)8-15(26-12)17(20)19-9-10-6-13(23-2)16(25-4)14(7-10)24-3/h6-8H,5,9H2,1-4H3,(H,19,20)(H,21,22). The quantitative estimate of drug-likeness (QED) is 0.742. The number of rotatable bonds is 8. The zero-order chi connectivity index (χ0) is 19.3. The van der Waals surface area contributed by atoms with Gasteiger partial charge >= 0.3 is 5.97 Å². The first-order valence-corrected chi connectivity index (χ1v) is 7.88. The maximum absolute atomic E-state index is 12.3. The Morgan fingerprint density at radius 2 is 1.69 bits per heavy atom. The molecule has 2 rings (SSSR count). The van der Waals surface area contributed by atoms with Gasteiger partial charge in [-0.3, -0.25) is 4.79 Å². The summed E-state index contributed by atoms with van der Waals surface area (Å²) in [5.41, 5.74) is 0.707. The molecule has 26 heavy (non-hydrogen) atoms. The van der Waals surface area contributed by atoms with E-state index in [1.165, 1.54) is 27.4 Å². The number of ether oxygens (including phenoxy) is 3. The molecule has 0 aliphatic carbocycles. The third-order valence-electron chi connectivity index (χ3n) is 3.76. The lowest BCUT2D eigenvalue weighted by Gasteiger charge is -2.14. The maximum atomic E-state index is 12.3.